The summed E-state index contributed by atoms with van der Waals surface area (Å²) in [6, 6.07) is 9.52. The largest absolute Gasteiger partial charge is 0.384 e. The van der Waals surface area contributed by atoms with E-state index < -0.39 is 23.0 Å². The van der Waals surface area contributed by atoms with Crippen molar-refractivity contribution in [1.29, 1.82) is 0 Å². The molecule has 0 aliphatic rings. The monoisotopic (exact) mass is 382 g/mol. The molecule has 0 radical (unpaired) electrons. The Morgan fingerprint density at radius 3 is 2.48 bits per heavy atom. The molecule has 0 spiro atoms. The van der Waals surface area contributed by atoms with Crippen molar-refractivity contribution in [2.24, 2.45) is 0 Å². The van der Waals surface area contributed by atoms with E-state index in [0.717, 1.165) is 18.0 Å². The van der Waals surface area contributed by atoms with Crippen LogP contribution in [0.1, 0.15) is 0 Å². The van der Waals surface area contributed by atoms with Crippen LogP contribution in [0.25, 0.3) is 11.3 Å². The van der Waals surface area contributed by atoms with E-state index >= 15 is 0 Å². The smallest absolute Gasteiger partial charge is 0.171 e. The average molecular weight is 383 g/mol. The molecule has 2 aromatic heterocycles. The maximum absolute atomic E-state index is 14.0. The van der Waals surface area contributed by atoms with Crippen LogP contribution in [0.15, 0.2) is 47.5 Å². The number of nitrogens with zero attached hydrogens (tertiary/aromatic N) is 2. The standard InChI is InChI=1S/C16H10ClF3N4S/c17-8-4-7-12(24-25-13-3-1-2-11(21)22-13)23-16(8)14-9(18)5-6-10(19)15(14)20/h1-7H,(H2,21,22)(H,23,24). The lowest BCUT2D eigenvalue weighted by atomic mass is 10.1. The Morgan fingerprint density at radius 1 is 0.960 bits per heavy atom. The summed E-state index contributed by atoms with van der Waals surface area (Å²) in [6.45, 7) is 0. The minimum absolute atomic E-state index is 0.0129. The van der Waals surface area contributed by atoms with E-state index in [0.29, 0.717) is 16.9 Å². The van der Waals surface area contributed by atoms with Gasteiger partial charge in [-0.25, -0.2) is 23.1 Å². The van der Waals surface area contributed by atoms with Gasteiger partial charge in [-0.05, 0) is 36.4 Å². The van der Waals surface area contributed by atoms with Crippen molar-refractivity contribution in [3.8, 4) is 11.3 Å². The highest BCUT2D eigenvalue weighted by molar-refractivity contribution is 8.00. The van der Waals surface area contributed by atoms with Gasteiger partial charge in [-0.1, -0.05) is 17.7 Å². The van der Waals surface area contributed by atoms with E-state index in [4.69, 9.17) is 17.3 Å². The average Bonchev–Trinajstić information content (AvgIpc) is 2.59. The van der Waals surface area contributed by atoms with Gasteiger partial charge in [0.2, 0.25) is 0 Å². The van der Waals surface area contributed by atoms with Gasteiger partial charge in [-0.15, -0.1) is 0 Å². The first kappa shape index (κ1) is 17.4. The number of halogens is 4. The number of nitrogens with one attached hydrogen (secondary N) is 1. The Hall–Kier alpha value is -2.45. The molecule has 25 heavy (non-hydrogen) atoms. The topological polar surface area (TPSA) is 63.8 Å². The lowest BCUT2D eigenvalue weighted by molar-refractivity contribution is 0.498. The molecule has 0 aliphatic carbocycles. The van der Waals surface area contributed by atoms with Crippen LogP contribution in [-0.4, -0.2) is 9.97 Å². The van der Waals surface area contributed by atoms with E-state index in [-0.39, 0.29) is 16.5 Å². The molecule has 1 aromatic carbocycles. The molecule has 0 fully saturated rings. The van der Waals surface area contributed by atoms with Crippen LogP contribution >= 0.6 is 23.5 Å². The lowest BCUT2D eigenvalue weighted by Gasteiger charge is -2.10. The molecule has 0 amide bonds. The van der Waals surface area contributed by atoms with Crippen LogP contribution in [0.4, 0.5) is 24.8 Å². The molecule has 0 saturated heterocycles. The van der Waals surface area contributed by atoms with Gasteiger partial charge >= 0.3 is 0 Å². The minimum atomic E-state index is -1.35. The van der Waals surface area contributed by atoms with Gasteiger partial charge in [0.25, 0.3) is 0 Å². The van der Waals surface area contributed by atoms with E-state index in [9.17, 15) is 13.2 Å². The zero-order valence-corrected chi connectivity index (χ0v) is 14.0. The second-order valence-corrected chi connectivity index (χ2v) is 6.08. The molecule has 0 bridgehead atoms. The lowest BCUT2D eigenvalue weighted by Crippen LogP contribution is -1.99. The van der Waals surface area contributed by atoms with Gasteiger partial charge in [0.05, 0.1) is 16.3 Å². The molecular weight excluding hydrogens is 373 g/mol. The fourth-order valence-electron chi connectivity index (χ4n) is 2.01. The number of anilines is 2. The number of aromatic nitrogens is 2. The summed E-state index contributed by atoms with van der Waals surface area (Å²) in [5.41, 5.74) is 4.76. The van der Waals surface area contributed by atoms with E-state index in [2.05, 4.69) is 14.7 Å². The van der Waals surface area contributed by atoms with Crippen molar-refractivity contribution in [3.05, 3.63) is 64.9 Å². The molecule has 0 atom stereocenters. The maximum atomic E-state index is 14.0. The highest BCUT2D eigenvalue weighted by Crippen LogP contribution is 2.33. The van der Waals surface area contributed by atoms with Gasteiger partial charge in [0, 0.05) is 11.9 Å². The summed E-state index contributed by atoms with van der Waals surface area (Å²) >= 11 is 7.08. The molecule has 9 heteroatoms. The van der Waals surface area contributed by atoms with E-state index in [1.165, 1.54) is 12.1 Å². The van der Waals surface area contributed by atoms with Crippen LogP contribution < -0.4 is 10.5 Å². The van der Waals surface area contributed by atoms with Gasteiger partial charge in [0.15, 0.2) is 11.6 Å². The summed E-state index contributed by atoms with van der Waals surface area (Å²) in [4.78, 5) is 8.15. The van der Waals surface area contributed by atoms with Crippen molar-refractivity contribution >= 4 is 35.2 Å². The molecule has 0 saturated carbocycles. The Kier molecular flexibility index (Phi) is 5.00. The summed E-state index contributed by atoms with van der Waals surface area (Å²) in [5.74, 6) is -2.89. The summed E-state index contributed by atoms with van der Waals surface area (Å²) in [5, 5.41) is 0.558. The minimum Gasteiger partial charge on any atom is -0.384 e. The predicted molar refractivity (Wildman–Crippen MR) is 92.7 cm³/mol. The maximum Gasteiger partial charge on any atom is 0.171 e. The second kappa shape index (κ2) is 7.20. The number of benzene rings is 1. The first-order valence-corrected chi connectivity index (χ1v) is 8.11. The van der Waals surface area contributed by atoms with Crippen molar-refractivity contribution in [1.82, 2.24) is 9.97 Å². The van der Waals surface area contributed by atoms with Crippen molar-refractivity contribution in [2.75, 3.05) is 10.5 Å². The fraction of sp³-hybridized carbons (Fsp3) is 0. The predicted octanol–water partition coefficient (Wildman–Crippen LogP) is 4.92. The Bertz CT molecular complexity index is 939. The van der Waals surface area contributed by atoms with Crippen molar-refractivity contribution in [2.45, 2.75) is 5.03 Å². The quantitative estimate of drug-likeness (QED) is 0.495. The van der Waals surface area contributed by atoms with Gasteiger partial charge in [-0.3, -0.25) is 0 Å². The van der Waals surface area contributed by atoms with E-state index in [1.54, 1.807) is 18.2 Å². The molecule has 3 aromatic rings. The number of hydrogen-bond donors (Lipinski definition) is 2. The van der Waals surface area contributed by atoms with E-state index in [1.807, 2.05) is 0 Å². The van der Waals surface area contributed by atoms with Crippen LogP contribution in [-0.2, 0) is 0 Å². The molecule has 0 aliphatic heterocycles. The molecule has 3 rings (SSSR count). The highest BCUT2D eigenvalue weighted by atomic mass is 35.5. The van der Waals surface area contributed by atoms with Crippen LogP contribution in [0.2, 0.25) is 5.02 Å². The Morgan fingerprint density at radius 2 is 1.72 bits per heavy atom. The zero-order chi connectivity index (χ0) is 18.0. The first-order chi connectivity index (χ1) is 12.0. The third kappa shape index (κ3) is 3.80. The zero-order valence-electron chi connectivity index (χ0n) is 12.4. The van der Waals surface area contributed by atoms with Crippen LogP contribution in [0.3, 0.4) is 0 Å². The number of nitrogens with two attached hydrogens (primary N) is 1. The molecule has 4 nitrogen and oxygen atoms in total. The summed E-state index contributed by atoms with van der Waals surface area (Å²) < 4.78 is 44.3. The summed E-state index contributed by atoms with van der Waals surface area (Å²) in [6.07, 6.45) is 0. The number of hydrogen-bond acceptors (Lipinski definition) is 5. The third-order valence-corrected chi connectivity index (χ3v) is 4.18. The Labute approximate surface area is 150 Å². The molecule has 128 valence electrons. The number of pyridine rings is 2. The summed E-state index contributed by atoms with van der Waals surface area (Å²) in [7, 11) is 0. The first-order valence-electron chi connectivity index (χ1n) is 6.91. The highest BCUT2D eigenvalue weighted by Gasteiger charge is 2.20. The second-order valence-electron chi connectivity index (χ2n) is 4.85. The van der Waals surface area contributed by atoms with Crippen LogP contribution in [0.5, 0.6) is 0 Å². The van der Waals surface area contributed by atoms with Gasteiger partial charge < -0.3 is 10.5 Å². The molecule has 0 unspecified atom stereocenters. The number of rotatable bonds is 4. The third-order valence-electron chi connectivity index (χ3n) is 3.13. The molecule has 2 heterocycles. The van der Waals surface area contributed by atoms with Gasteiger partial charge in [0.1, 0.15) is 22.5 Å². The van der Waals surface area contributed by atoms with Gasteiger partial charge in [-0.2, -0.15) is 0 Å². The number of nitrogen functional groups attached to an aromatic ring is 1. The SMILES string of the molecule is Nc1cccc(SNc2ccc(Cl)c(-c3c(F)ccc(F)c3F)n2)n1. The normalized spacial score (nSPS) is 10.7. The molecular formula is C16H10ClF3N4S. The van der Waals surface area contributed by atoms with Crippen LogP contribution in [0, 0.1) is 17.5 Å². The fourth-order valence-corrected chi connectivity index (χ4v) is 2.83. The Balaban J connectivity index is 1.93. The van der Waals surface area contributed by atoms with Crippen molar-refractivity contribution < 1.29 is 13.2 Å². The molecule has 3 N–H and O–H groups in total. The van der Waals surface area contributed by atoms with Crippen molar-refractivity contribution in [3.63, 3.8) is 0 Å².